The number of carbonyl (C=O) groups is 2. The molecule has 116 valence electrons. The smallest absolute Gasteiger partial charge is 0.192 e. The second kappa shape index (κ2) is 6.71. The Morgan fingerprint density at radius 2 is 1.86 bits per heavy atom. The van der Waals surface area contributed by atoms with Gasteiger partial charge in [-0.25, -0.2) is 0 Å². The molecule has 3 nitrogen and oxygen atoms in total. The molecule has 0 saturated carbocycles. The summed E-state index contributed by atoms with van der Waals surface area (Å²) in [6, 6.07) is 7.45. The van der Waals surface area contributed by atoms with Gasteiger partial charge in [-0.3, -0.25) is 9.59 Å². The maximum atomic E-state index is 12.7. The number of thioether (sulfide) groups is 1. The molecule has 0 aliphatic carbocycles. The van der Waals surface area contributed by atoms with Crippen LogP contribution in [0.2, 0.25) is 5.02 Å². The van der Waals surface area contributed by atoms with E-state index < -0.39 is 0 Å². The van der Waals surface area contributed by atoms with Crippen LogP contribution >= 0.6 is 23.4 Å². The molecule has 1 atom stereocenters. The monoisotopic (exact) mass is 335 g/mol. The number of H-pyrrole nitrogens is 1. The van der Waals surface area contributed by atoms with Gasteiger partial charge in [0.1, 0.15) is 0 Å². The molecule has 1 unspecified atom stereocenters. The van der Waals surface area contributed by atoms with Gasteiger partial charge in [-0.05, 0) is 45.4 Å². The van der Waals surface area contributed by atoms with E-state index in [4.69, 9.17) is 11.6 Å². The lowest BCUT2D eigenvalue weighted by Crippen LogP contribution is -2.15. The number of hydrogen-bond acceptors (Lipinski definition) is 3. The Balaban J connectivity index is 2.27. The van der Waals surface area contributed by atoms with Gasteiger partial charge in [-0.15, -0.1) is 11.8 Å². The van der Waals surface area contributed by atoms with Gasteiger partial charge in [-0.1, -0.05) is 23.7 Å². The molecule has 0 saturated heterocycles. The van der Waals surface area contributed by atoms with Crippen molar-refractivity contribution < 1.29 is 9.59 Å². The van der Waals surface area contributed by atoms with Gasteiger partial charge < -0.3 is 4.98 Å². The maximum Gasteiger partial charge on any atom is 0.192 e. The molecule has 2 aromatic rings. The minimum absolute atomic E-state index is 0.0296. The Bertz CT molecular complexity index is 736. The lowest BCUT2D eigenvalue weighted by atomic mass is 10.0. The normalized spacial score (nSPS) is 12.2. The number of hydrogen-bond donors (Lipinski definition) is 1. The van der Waals surface area contributed by atoms with E-state index in [1.54, 1.807) is 13.0 Å². The van der Waals surface area contributed by atoms with Gasteiger partial charge in [0, 0.05) is 16.2 Å². The zero-order valence-corrected chi connectivity index (χ0v) is 14.6. The molecule has 1 N–H and O–H groups in total. The van der Waals surface area contributed by atoms with Crippen molar-refractivity contribution in [2.24, 2.45) is 0 Å². The fraction of sp³-hybridized carbons (Fsp3) is 0.294. The van der Waals surface area contributed by atoms with Crippen LogP contribution in [0.3, 0.4) is 0 Å². The molecular weight excluding hydrogens is 318 g/mol. The molecule has 1 aromatic heterocycles. The number of rotatable bonds is 5. The van der Waals surface area contributed by atoms with Crippen molar-refractivity contribution >= 4 is 34.9 Å². The minimum atomic E-state index is -0.295. The van der Waals surface area contributed by atoms with E-state index >= 15 is 0 Å². The molecule has 1 aromatic carbocycles. The summed E-state index contributed by atoms with van der Waals surface area (Å²) < 4.78 is 0. The van der Waals surface area contributed by atoms with Gasteiger partial charge in [0.2, 0.25) is 0 Å². The number of aromatic nitrogens is 1. The van der Waals surface area contributed by atoms with Crippen molar-refractivity contribution in [3.8, 4) is 0 Å². The molecular formula is C17H18ClNO2S. The molecule has 0 spiro atoms. The molecule has 0 radical (unpaired) electrons. The van der Waals surface area contributed by atoms with Gasteiger partial charge in [-0.2, -0.15) is 0 Å². The number of benzene rings is 1. The Hall–Kier alpha value is -1.52. The van der Waals surface area contributed by atoms with Crippen molar-refractivity contribution in [2.45, 2.75) is 37.8 Å². The number of ketones is 2. The standard InChI is InChI=1S/C17H18ClNO2S/c1-9-15(11(3)20)10(2)19-16(9)17(21)12(4)22-14-8-6-5-7-13(14)18/h5-8,12,19H,1-4H3. The first-order valence-electron chi connectivity index (χ1n) is 6.98. The quantitative estimate of drug-likeness (QED) is 0.627. The zero-order chi connectivity index (χ0) is 16.4. The Morgan fingerprint density at radius 1 is 1.23 bits per heavy atom. The summed E-state index contributed by atoms with van der Waals surface area (Å²) in [6.07, 6.45) is 0. The Labute approximate surface area is 139 Å². The Kier molecular flexibility index (Phi) is 5.14. The van der Waals surface area contributed by atoms with Gasteiger partial charge in [0.05, 0.1) is 16.0 Å². The van der Waals surface area contributed by atoms with Crippen LogP contribution in [0, 0.1) is 13.8 Å². The van der Waals surface area contributed by atoms with E-state index in [9.17, 15) is 9.59 Å². The highest BCUT2D eigenvalue weighted by molar-refractivity contribution is 8.00. The van der Waals surface area contributed by atoms with Crippen molar-refractivity contribution in [2.75, 3.05) is 0 Å². The molecule has 0 aliphatic heterocycles. The maximum absolute atomic E-state index is 12.7. The average Bonchev–Trinajstić information content (AvgIpc) is 2.75. The van der Waals surface area contributed by atoms with Crippen molar-refractivity contribution in [3.05, 3.63) is 51.8 Å². The topological polar surface area (TPSA) is 49.9 Å². The molecule has 5 heteroatoms. The summed E-state index contributed by atoms with van der Waals surface area (Å²) in [5, 5.41) is 0.340. The fourth-order valence-corrected chi connectivity index (χ4v) is 3.72. The fourth-order valence-electron chi connectivity index (χ4n) is 2.51. The summed E-state index contributed by atoms with van der Waals surface area (Å²) in [6.45, 7) is 6.98. The average molecular weight is 336 g/mol. The van der Waals surface area contributed by atoms with Crippen molar-refractivity contribution in [1.29, 1.82) is 0 Å². The molecule has 1 heterocycles. The number of nitrogens with one attached hydrogen (secondary N) is 1. The van der Waals surface area contributed by atoms with Crippen LogP contribution in [-0.2, 0) is 0 Å². The predicted octanol–water partition coefficient (Wildman–Crippen LogP) is 4.85. The van der Waals surface area contributed by atoms with Crippen LogP contribution in [-0.4, -0.2) is 21.8 Å². The SMILES string of the molecule is CC(=O)c1c(C)[nH]c(C(=O)C(C)Sc2ccccc2Cl)c1C. The largest absolute Gasteiger partial charge is 0.355 e. The minimum Gasteiger partial charge on any atom is -0.355 e. The van der Waals surface area contributed by atoms with Crippen LogP contribution in [0.1, 0.15) is 46.0 Å². The van der Waals surface area contributed by atoms with E-state index in [1.165, 1.54) is 18.7 Å². The number of halogens is 1. The summed E-state index contributed by atoms with van der Waals surface area (Å²) in [5.74, 6) is -0.0604. The lowest BCUT2D eigenvalue weighted by molar-refractivity contribution is 0.0988. The first-order valence-corrected chi connectivity index (χ1v) is 8.24. The van der Waals surface area contributed by atoms with E-state index in [2.05, 4.69) is 4.98 Å². The van der Waals surface area contributed by atoms with Gasteiger partial charge >= 0.3 is 0 Å². The third-order valence-corrected chi connectivity index (χ3v) is 5.16. The van der Waals surface area contributed by atoms with Crippen molar-refractivity contribution in [1.82, 2.24) is 4.98 Å². The van der Waals surface area contributed by atoms with Crippen LogP contribution in [0.4, 0.5) is 0 Å². The highest BCUT2D eigenvalue weighted by Crippen LogP contribution is 2.32. The second-order valence-electron chi connectivity index (χ2n) is 5.24. The molecule has 22 heavy (non-hydrogen) atoms. The number of carbonyl (C=O) groups excluding carboxylic acids is 2. The van der Waals surface area contributed by atoms with E-state index in [1.807, 2.05) is 32.0 Å². The molecule has 0 aliphatic rings. The Morgan fingerprint density at radius 3 is 2.41 bits per heavy atom. The first-order chi connectivity index (χ1) is 10.3. The second-order valence-corrected chi connectivity index (χ2v) is 7.03. The first kappa shape index (κ1) is 16.8. The van der Waals surface area contributed by atoms with E-state index in [0.29, 0.717) is 16.3 Å². The number of Topliss-reactive ketones (excluding diaryl/α,β-unsaturated/α-hetero) is 2. The third-order valence-electron chi connectivity index (χ3n) is 3.55. The summed E-state index contributed by atoms with van der Waals surface area (Å²) in [4.78, 5) is 28.3. The van der Waals surface area contributed by atoms with Crippen LogP contribution in [0.5, 0.6) is 0 Å². The molecule has 2 rings (SSSR count). The molecule has 0 amide bonds. The highest BCUT2D eigenvalue weighted by Gasteiger charge is 2.24. The van der Waals surface area contributed by atoms with Crippen LogP contribution in [0.15, 0.2) is 29.2 Å². The summed E-state index contributed by atoms with van der Waals surface area (Å²) in [7, 11) is 0. The van der Waals surface area contributed by atoms with Crippen molar-refractivity contribution in [3.63, 3.8) is 0 Å². The van der Waals surface area contributed by atoms with E-state index in [0.717, 1.165) is 16.2 Å². The molecule has 0 fully saturated rings. The van der Waals surface area contributed by atoms with Crippen LogP contribution in [0.25, 0.3) is 0 Å². The number of aryl methyl sites for hydroxylation is 1. The van der Waals surface area contributed by atoms with Gasteiger partial charge in [0.15, 0.2) is 11.6 Å². The van der Waals surface area contributed by atoms with E-state index in [-0.39, 0.29) is 16.8 Å². The lowest BCUT2D eigenvalue weighted by Gasteiger charge is -2.11. The summed E-state index contributed by atoms with van der Waals surface area (Å²) in [5.41, 5.74) is 2.58. The highest BCUT2D eigenvalue weighted by atomic mass is 35.5. The van der Waals surface area contributed by atoms with Gasteiger partial charge in [0.25, 0.3) is 0 Å². The predicted molar refractivity (Wildman–Crippen MR) is 91.4 cm³/mol. The third kappa shape index (κ3) is 3.28. The summed E-state index contributed by atoms with van der Waals surface area (Å²) >= 11 is 7.56. The zero-order valence-electron chi connectivity index (χ0n) is 13.0. The van der Waals surface area contributed by atoms with Crippen LogP contribution < -0.4 is 0 Å². The molecule has 0 bridgehead atoms. The number of aromatic amines is 1.